The molecular weight excluding hydrogens is 371 g/mol. The van der Waals surface area contributed by atoms with Crippen LogP contribution in [0.4, 0.5) is 0 Å². The average molecular weight is 404 g/mol. The predicted molar refractivity (Wildman–Crippen MR) is 122 cm³/mol. The molecule has 1 atom stereocenters. The lowest BCUT2D eigenvalue weighted by molar-refractivity contribution is -0.154. The molecule has 4 rings (SSSR count). The zero-order valence-corrected chi connectivity index (χ0v) is 18.4. The number of nitrogens with one attached hydrogen (secondary N) is 1. The van der Waals surface area contributed by atoms with Gasteiger partial charge in [-0.2, -0.15) is 0 Å². The number of aryl methyl sites for hydroxylation is 1. The van der Waals surface area contributed by atoms with E-state index in [1.807, 2.05) is 6.07 Å². The molecule has 2 aliphatic heterocycles. The molecule has 1 spiro atoms. The normalized spacial score (nSPS) is 23.5. The van der Waals surface area contributed by atoms with Gasteiger partial charge in [0.15, 0.2) is 0 Å². The number of pyridine rings is 1. The highest BCUT2D eigenvalue weighted by Gasteiger charge is 2.47. The van der Waals surface area contributed by atoms with Gasteiger partial charge in [-0.05, 0) is 75.3 Å². The highest BCUT2D eigenvalue weighted by molar-refractivity contribution is 6.32. The van der Waals surface area contributed by atoms with Crippen molar-refractivity contribution >= 4 is 13.3 Å². The summed E-state index contributed by atoms with van der Waals surface area (Å²) in [5.41, 5.74) is 5.91. The SMILES string of the molecule is [B]c1ccc(C2(CCNCc3cccc(C)c3C)CCOC3(CCOCC3)C2)nc1. The molecule has 0 amide bonds. The first-order valence-electron chi connectivity index (χ1n) is 11.2. The second-order valence-corrected chi connectivity index (χ2v) is 9.11. The lowest BCUT2D eigenvalue weighted by atomic mass is 9.66. The second kappa shape index (κ2) is 9.21. The van der Waals surface area contributed by atoms with Crippen LogP contribution in [0.1, 0.15) is 54.5 Å². The molecule has 1 aromatic heterocycles. The van der Waals surface area contributed by atoms with Crippen LogP contribution in [-0.2, 0) is 21.4 Å². The van der Waals surface area contributed by atoms with E-state index < -0.39 is 0 Å². The topological polar surface area (TPSA) is 43.4 Å². The van der Waals surface area contributed by atoms with Crippen LogP contribution in [0, 0.1) is 13.8 Å². The molecule has 2 saturated heterocycles. The Morgan fingerprint density at radius 1 is 1.07 bits per heavy atom. The van der Waals surface area contributed by atoms with Crippen molar-refractivity contribution in [2.24, 2.45) is 0 Å². The fraction of sp³-hybridized carbons (Fsp3) is 0.560. The summed E-state index contributed by atoms with van der Waals surface area (Å²) >= 11 is 0. The number of ether oxygens (including phenoxy) is 2. The average Bonchev–Trinajstić information content (AvgIpc) is 2.75. The van der Waals surface area contributed by atoms with E-state index in [2.05, 4.69) is 43.4 Å². The van der Waals surface area contributed by atoms with Crippen molar-refractivity contribution in [2.75, 3.05) is 26.4 Å². The summed E-state index contributed by atoms with van der Waals surface area (Å²) in [5, 5.41) is 3.70. The van der Waals surface area contributed by atoms with Gasteiger partial charge >= 0.3 is 0 Å². The van der Waals surface area contributed by atoms with Crippen molar-refractivity contribution in [1.82, 2.24) is 10.3 Å². The van der Waals surface area contributed by atoms with Crippen LogP contribution >= 0.6 is 0 Å². The van der Waals surface area contributed by atoms with E-state index in [1.165, 1.54) is 16.7 Å². The van der Waals surface area contributed by atoms with Gasteiger partial charge in [0, 0.05) is 43.7 Å². The minimum absolute atomic E-state index is 0.0118. The van der Waals surface area contributed by atoms with Crippen molar-refractivity contribution in [3.05, 3.63) is 58.9 Å². The first-order valence-corrected chi connectivity index (χ1v) is 11.2. The summed E-state index contributed by atoms with van der Waals surface area (Å²) in [6, 6.07) is 10.7. The van der Waals surface area contributed by atoms with Gasteiger partial charge in [0.05, 0.1) is 5.60 Å². The highest BCUT2D eigenvalue weighted by Crippen LogP contribution is 2.46. The summed E-state index contributed by atoms with van der Waals surface area (Å²) in [4.78, 5) is 4.78. The standard InChI is InChI=1S/C25H33BN2O2/c1-19-4-3-5-21(20(19)2)16-27-12-8-24(23-7-6-22(26)17-28-23)9-15-30-25(18-24)10-13-29-14-11-25/h3-7,17,27H,8-16,18H2,1-2H3. The number of hydrogen-bond donors (Lipinski definition) is 1. The zero-order chi connectivity index (χ0) is 21.0. The fourth-order valence-electron chi connectivity index (χ4n) is 5.12. The van der Waals surface area contributed by atoms with Crippen molar-refractivity contribution in [3.8, 4) is 0 Å². The second-order valence-electron chi connectivity index (χ2n) is 9.11. The Morgan fingerprint density at radius 2 is 1.90 bits per heavy atom. The van der Waals surface area contributed by atoms with Gasteiger partial charge in [-0.25, -0.2) is 0 Å². The molecule has 1 unspecified atom stereocenters. The van der Waals surface area contributed by atoms with Gasteiger partial charge in [0.2, 0.25) is 0 Å². The van der Waals surface area contributed by atoms with E-state index >= 15 is 0 Å². The minimum Gasteiger partial charge on any atom is -0.381 e. The van der Waals surface area contributed by atoms with Crippen LogP contribution in [0.2, 0.25) is 0 Å². The Balaban J connectivity index is 1.49. The van der Waals surface area contributed by atoms with E-state index in [0.717, 1.165) is 76.2 Å². The van der Waals surface area contributed by atoms with Gasteiger partial charge in [-0.15, -0.1) is 0 Å². The Hall–Kier alpha value is -1.69. The van der Waals surface area contributed by atoms with E-state index in [-0.39, 0.29) is 11.0 Å². The van der Waals surface area contributed by atoms with Crippen molar-refractivity contribution in [3.63, 3.8) is 0 Å². The molecule has 2 aromatic rings. The summed E-state index contributed by atoms with van der Waals surface area (Å²) in [6.45, 7) is 8.59. The van der Waals surface area contributed by atoms with Crippen LogP contribution in [0.15, 0.2) is 36.5 Å². The molecule has 0 saturated carbocycles. The van der Waals surface area contributed by atoms with E-state index in [4.69, 9.17) is 22.3 Å². The van der Waals surface area contributed by atoms with Crippen LogP contribution in [0.25, 0.3) is 0 Å². The third kappa shape index (κ3) is 4.64. The Labute approximate surface area is 182 Å². The van der Waals surface area contributed by atoms with Gasteiger partial charge in [-0.3, -0.25) is 4.98 Å². The third-order valence-corrected chi connectivity index (χ3v) is 7.20. The molecule has 2 fully saturated rings. The van der Waals surface area contributed by atoms with Crippen LogP contribution in [0.3, 0.4) is 0 Å². The minimum atomic E-state index is -0.0767. The van der Waals surface area contributed by atoms with E-state index in [9.17, 15) is 0 Å². The van der Waals surface area contributed by atoms with Crippen LogP contribution in [-0.4, -0.2) is 44.8 Å². The summed E-state index contributed by atoms with van der Waals surface area (Å²) in [5.74, 6) is 0. The number of rotatable bonds is 6. The molecule has 30 heavy (non-hydrogen) atoms. The van der Waals surface area contributed by atoms with Crippen molar-refractivity contribution in [1.29, 1.82) is 0 Å². The molecule has 2 radical (unpaired) electrons. The summed E-state index contributed by atoms with van der Waals surface area (Å²) < 4.78 is 12.0. The zero-order valence-electron chi connectivity index (χ0n) is 18.4. The first-order chi connectivity index (χ1) is 14.5. The summed E-state index contributed by atoms with van der Waals surface area (Å²) in [7, 11) is 5.93. The van der Waals surface area contributed by atoms with Gasteiger partial charge in [-0.1, -0.05) is 29.7 Å². The lowest BCUT2D eigenvalue weighted by Gasteiger charge is -2.49. The largest absolute Gasteiger partial charge is 0.381 e. The number of hydrogen-bond acceptors (Lipinski definition) is 4. The van der Waals surface area contributed by atoms with Gasteiger partial charge in [0.1, 0.15) is 7.85 Å². The maximum absolute atomic E-state index is 6.36. The molecule has 3 heterocycles. The molecule has 5 heteroatoms. The molecule has 1 N–H and O–H groups in total. The number of nitrogens with zero attached hydrogens (tertiary/aromatic N) is 1. The van der Waals surface area contributed by atoms with Crippen LogP contribution < -0.4 is 10.8 Å². The van der Waals surface area contributed by atoms with Crippen LogP contribution in [0.5, 0.6) is 0 Å². The third-order valence-electron chi connectivity index (χ3n) is 7.20. The quantitative estimate of drug-likeness (QED) is 0.593. The Morgan fingerprint density at radius 3 is 2.67 bits per heavy atom. The molecule has 0 bridgehead atoms. The van der Waals surface area contributed by atoms with E-state index in [1.54, 1.807) is 6.20 Å². The number of aromatic nitrogens is 1. The smallest absolute Gasteiger partial charge is 0.115 e. The molecule has 158 valence electrons. The monoisotopic (exact) mass is 404 g/mol. The fourth-order valence-corrected chi connectivity index (χ4v) is 5.12. The number of benzene rings is 1. The molecule has 0 aliphatic carbocycles. The predicted octanol–water partition coefficient (Wildman–Crippen LogP) is 3.27. The van der Waals surface area contributed by atoms with Crippen molar-refractivity contribution in [2.45, 2.75) is 63.5 Å². The van der Waals surface area contributed by atoms with E-state index in [0.29, 0.717) is 0 Å². The molecule has 1 aromatic carbocycles. The summed E-state index contributed by atoms with van der Waals surface area (Å²) in [6.07, 6.45) is 6.79. The Kier molecular flexibility index (Phi) is 6.61. The Bertz CT molecular complexity index is 843. The first kappa shape index (κ1) is 21.5. The maximum atomic E-state index is 6.36. The molecular formula is C25H33BN2O2. The molecule has 4 nitrogen and oxygen atoms in total. The van der Waals surface area contributed by atoms with Crippen molar-refractivity contribution < 1.29 is 9.47 Å². The highest BCUT2D eigenvalue weighted by atomic mass is 16.5. The lowest BCUT2D eigenvalue weighted by Crippen LogP contribution is -2.51. The maximum Gasteiger partial charge on any atom is 0.115 e. The van der Waals surface area contributed by atoms with Gasteiger partial charge < -0.3 is 14.8 Å². The molecule has 2 aliphatic rings. The van der Waals surface area contributed by atoms with Gasteiger partial charge in [0.25, 0.3) is 0 Å².